The third kappa shape index (κ3) is 4.78. The van der Waals surface area contributed by atoms with Crippen LogP contribution in [0.3, 0.4) is 0 Å². The number of furan rings is 2. The van der Waals surface area contributed by atoms with Crippen molar-refractivity contribution in [2.45, 2.75) is 47.6 Å². The second-order valence-corrected chi connectivity index (χ2v) is 6.19. The molecule has 0 atom stereocenters. The molecule has 0 aliphatic carbocycles. The van der Waals surface area contributed by atoms with Crippen molar-refractivity contribution in [2.24, 2.45) is 0 Å². The number of hydrogen-bond acceptors (Lipinski definition) is 4. The van der Waals surface area contributed by atoms with Crippen LogP contribution in [0.4, 0.5) is 0 Å². The Morgan fingerprint density at radius 3 is 2.04 bits per heavy atom. The maximum atomic E-state index is 11.7. The van der Waals surface area contributed by atoms with Gasteiger partial charge in [-0.3, -0.25) is 9.59 Å². The molecule has 4 rings (SSSR count). The number of aryl methyl sites for hydroxylation is 3. The quantitative estimate of drug-likeness (QED) is 0.523. The minimum atomic E-state index is -0.0978. The SMILES string of the molecule is CCC.CCn1ccc2oc(C)cc2c1=O.Cc1cc2c(=O)[nH]ccc2o1. The van der Waals surface area contributed by atoms with E-state index >= 15 is 0 Å². The van der Waals surface area contributed by atoms with Crippen LogP contribution in [0.1, 0.15) is 38.7 Å². The lowest BCUT2D eigenvalue weighted by atomic mass is 10.3. The van der Waals surface area contributed by atoms with Gasteiger partial charge in [-0.2, -0.15) is 0 Å². The van der Waals surface area contributed by atoms with Crippen molar-refractivity contribution in [3.63, 3.8) is 0 Å². The number of rotatable bonds is 1. The lowest BCUT2D eigenvalue weighted by molar-refractivity contribution is 0.577. The number of pyridine rings is 2. The first-order valence-corrected chi connectivity index (χ1v) is 9.08. The highest BCUT2D eigenvalue weighted by molar-refractivity contribution is 5.76. The molecular formula is C21H26N2O4. The van der Waals surface area contributed by atoms with Crippen LogP contribution in [0.2, 0.25) is 0 Å². The molecule has 6 heteroatoms. The fourth-order valence-electron chi connectivity index (χ4n) is 2.56. The van der Waals surface area contributed by atoms with Gasteiger partial charge in [0.25, 0.3) is 11.1 Å². The molecule has 6 nitrogen and oxygen atoms in total. The summed E-state index contributed by atoms with van der Waals surface area (Å²) in [7, 11) is 0. The normalized spacial score (nSPS) is 10.3. The van der Waals surface area contributed by atoms with E-state index in [1.165, 1.54) is 6.42 Å². The largest absolute Gasteiger partial charge is 0.461 e. The first-order valence-electron chi connectivity index (χ1n) is 9.08. The molecule has 27 heavy (non-hydrogen) atoms. The first-order chi connectivity index (χ1) is 12.9. The fourth-order valence-corrected chi connectivity index (χ4v) is 2.56. The summed E-state index contributed by atoms with van der Waals surface area (Å²) in [6.45, 7) is 10.5. The number of H-pyrrole nitrogens is 1. The number of hydrogen-bond donors (Lipinski definition) is 1. The Morgan fingerprint density at radius 1 is 0.926 bits per heavy atom. The molecule has 0 saturated carbocycles. The van der Waals surface area contributed by atoms with Crippen LogP contribution >= 0.6 is 0 Å². The average Bonchev–Trinajstić information content (AvgIpc) is 3.19. The molecule has 0 aliphatic heterocycles. The second kappa shape index (κ2) is 9.07. The Bertz CT molecular complexity index is 1130. The van der Waals surface area contributed by atoms with Crippen molar-refractivity contribution in [1.29, 1.82) is 0 Å². The first kappa shape index (κ1) is 20.3. The van der Waals surface area contributed by atoms with Crippen LogP contribution < -0.4 is 11.1 Å². The van der Waals surface area contributed by atoms with Crippen LogP contribution in [0, 0.1) is 13.8 Å². The standard InChI is InChI=1S/C10H11NO2.C8H7NO2.C3H8/c1-3-11-5-4-9-8(10(11)12)6-7(2)13-9;1-5-4-6-7(11-5)2-3-9-8(6)10;1-3-2/h4-6H,3H2,1-2H3;2-4H,1H3,(H,9,10);3H2,1-2H3. The van der Waals surface area contributed by atoms with E-state index in [9.17, 15) is 9.59 Å². The van der Waals surface area contributed by atoms with E-state index in [1.807, 2.05) is 26.8 Å². The van der Waals surface area contributed by atoms with Crippen molar-refractivity contribution < 1.29 is 8.83 Å². The summed E-state index contributed by atoms with van der Waals surface area (Å²) in [4.78, 5) is 25.3. The van der Waals surface area contributed by atoms with Gasteiger partial charge in [-0.1, -0.05) is 20.3 Å². The molecule has 0 bridgehead atoms. The lowest BCUT2D eigenvalue weighted by Crippen LogP contribution is -2.17. The molecule has 4 heterocycles. The van der Waals surface area contributed by atoms with Crippen LogP contribution in [0.25, 0.3) is 21.9 Å². The Hall–Kier alpha value is -3.02. The van der Waals surface area contributed by atoms with Crippen LogP contribution in [-0.4, -0.2) is 9.55 Å². The third-order valence-electron chi connectivity index (χ3n) is 3.70. The average molecular weight is 370 g/mol. The van der Waals surface area contributed by atoms with E-state index in [0.29, 0.717) is 28.5 Å². The van der Waals surface area contributed by atoms with Crippen LogP contribution in [0.5, 0.6) is 0 Å². The van der Waals surface area contributed by atoms with Crippen molar-refractivity contribution in [2.75, 3.05) is 0 Å². The van der Waals surface area contributed by atoms with Crippen LogP contribution in [0.15, 0.2) is 55.1 Å². The molecule has 0 spiro atoms. The van der Waals surface area contributed by atoms with Crippen molar-refractivity contribution >= 4 is 21.9 Å². The summed E-state index contributed by atoms with van der Waals surface area (Å²) >= 11 is 0. The molecule has 0 saturated heterocycles. The third-order valence-corrected chi connectivity index (χ3v) is 3.70. The van der Waals surface area contributed by atoms with Gasteiger partial charge in [-0.25, -0.2) is 0 Å². The van der Waals surface area contributed by atoms with Crippen LogP contribution in [-0.2, 0) is 6.54 Å². The summed E-state index contributed by atoms with van der Waals surface area (Å²) < 4.78 is 12.2. The molecule has 0 unspecified atom stereocenters. The van der Waals surface area contributed by atoms with Gasteiger partial charge in [0.15, 0.2) is 0 Å². The van der Waals surface area contributed by atoms with Gasteiger partial charge in [-0.15, -0.1) is 0 Å². The molecule has 0 aromatic carbocycles. The molecule has 144 valence electrons. The Balaban J connectivity index is 0.000000171. The second-order valence-electron chi connectivity index (χ2n) is 6.19. The molecule has 0 fully saturated rings. The van der Waals surface area contributed by atoms with E-state index in [2.05, 4.69) is 18.8 Å². The predicted octanol–water partition coefficient (Wildman–Crippen LogP) is 4.77. The maximum Gasteiger partial charge on any atom is 0.261 e. The van der Waals surface area contributed by atoms with Gasteiger partial charge in [0, 0.05) is 18.9 Å². The van der Waals surface area contributed by atoms with Crippen molar-refractivity contribution in [3.8, 4) is 0 Å². The zero-order valence-corrected chi connectivity index (χ0v) is 16.5. The summed E-state index contributed by atoms with van der Waals surface area (Å²) in [5.74, 6) is 1.54. The van der Waals surface area contributed by atoms with E-state index in [4.69, 9.17) is 8.83 Å². The fraction of sp³-hybridized carbons (Fsp3) is 0.333. The number of fused-ring (bicyclic) bond motifs is 2. The molecule has 0 radical (unpaired) electrons. The van der Waals surface area contributed by atoms with E-state index < -0.39 is 0 Å². The highest BCUT2D eigenvalue weighted by Gasteiger charge is 2.05. The summed E-state index contributed by atoms with van der Waals surface area (Å²) in [6, 6.07) is 7.08. The van der Waals surface area contributed by atoms with Gasteiger partial charge in [0.2, 0.25) is 0 Å². The van der Waals surface area contributed by atoms with Crippen molar-refractivity contribution in [3.05, 3.63) is 68.9 Å². The van der Waals surface area contributed by atoms with Gasteiger partial charge < -0.3 is 18.4 Å². The lowest BCUT2D eigenvalue weighted by Gasteiger charge is -1.98. The maximum absolute atomic E-state index is 11.7. The van der Waals surface area contributed by atoms with E-state index in [-0.39, 0.29) is 11.1 Å². The number of aromatic amines is 1. The number of aromatic nitrogens is 2. The molecule has 0 aliphatic rings. The summed E-state index contributed by atoms with van der Waals surface area (Å²) in [5.41, 5.74) is 1.25. The highest BCUT2D eigenvalue weighted by atomic mass is 16.3. The molecular weight excluding hydrogens is 344 g/mol. The van der Waals surface area contributed by atoms with Gasteiger partial charge in [-0.05, 0) is 45.0 Å². The van der Waals surface area contributed by atoms with Gasteiger partial charge in [0.05, 0.1) is 10.8 Å². The zero-order valence-electron chi connectivity index (χ0n) is 16.5. The topological polar surface area (TPSA) is 81.1 Å². The van der Waals surface area contributed by atoms with Gasteiger partial charge >= 0.3 is 0 Å². The monoisotopic (exact) mass is 370 g/mol. The Kier molecular flexibility index (Phi) is 6.82. The zero-order chi connectivity index (χ0) is 20.0. The van der Waals surface area contributed by atoms with E-state index in [0.717, 1.165) is 11.5 Å². The van der Waals surface area contributed by atoms with Gasteiger partial charge in [0.1, 0.15) is 22.7 Å². The number of nitrogens with one attached hydrogen (secondary N) is 1. The minimum absolute atomic E-state index is 0.0249. The van der Waals surface area contributed by atoms with E-state index in [1.54, 1.807) is 35.2 Å². The molecule has 0 amide bonds. The smallest absolute Gasteiger partial charge is 0.261 e. The predicted molar refractivity (Wildman–Crippen MR) is 108 cm³/mol. The molecule has 4 aromatic heterocycles. The Labute approximate surface area is 157 Å². The number of nitrogens with zero attached hydrogens (tertiary/aromatic N) is 1. The minimum Gasteiger partial charge on any atom is -0.461 e. The highest BCUT2D eigenvalue weighted by Crippen LogP contribution is 2.14. The van der Waals surface area contributed by atoms with Crippen molar-refractivity contribution in [1.82, 2.24) is 9.55 Å². The summed E-state index contributed by atoms with van der Waals surface area (Å²) in [6.07, 6.45) is 4.58. The molecule has 1 N–H and O–H groups in total. The molecule has 4 aromatic rings. The Morgan fingerprint density at radius 2 is 1.48 bits per heavy atom. The summed E-state index contributed by atoms with van der Waals surface area (Å²) in [5, 5.41) is 1.28.